The Balaban J connectivity index is 2.39. The van der Waals surface area contributed by atoms with E-state index in [-0.39, 0.29) is 5.91 Å². The van der Waals surface area contributed by atoms with Crippen LogP contribution < -0.4 is 4.90 Å². The van der Waals surface area contributed by atoms with Crippen LogP contribution in [0.3, 0.4) is 0 Å². The summed E-state index contributed by atoms with van der Waals surface area (Å²) >= 11 is 2.18. The Morgan fingerprint density at radius 2 is 2.12 bits per heavy atom. The number of nitrogens with zero attached hydrogens (tertiary/aromatic N) is 1. The van der Waals surface area contributed by atoms with Crippen molar-refractivity contribution in [1.29, 1.82) is 0 Å². The molecule has 1 aliphatic heterocycles. The fraction of sp³-hybridized carbons (Fsp3) is 0.417. The first-order valence-electron chi connectivity index (χ1n) is 5.45. The molecule has 0 saturated carbocycles. The van der Waals surface area contributed by atoms with Gasteiger partial charge in [-0.3, -0.25) is 4.79 Å². The van der Waals surface area contributed by atoms with E-state index in [2.05, 4.69) is 22.6 Å². The van der Waals surface area contributed by atoms with Gasteiger partial charge in [-0.1, -0.05) is 0 Å². The van der Waals surface area contributed by atoms with Gasteiger partial charge in [0.2, 0.25) is 5.91 Å². The maximum Gasteiger partial charge on any atom is 0.256 e. The molecule has 0 bridgehead atoms. The van der Waals surface area contributed by atoms with E-state index in [9.17, 15) is 13.6 Å². The number of amides is 1. The second-order valence-corrected chi connectivity index (χ2v) is 5.27. The molecular weight excluding hydrogens is 339 g/mol. The molecule has 0 spiro atoms. The molecule has 1 aromatic carbocycles. The molecule has 1 amide bonds. The smallest absolute Gasteiger partial charge is 0.256 e. The zero-order valence-electron chi connectivity index (χ0n) is 9.13. The number of alkyl halides is 2. The van der Waals surface area contributed by atoms with Crippen molar-refractivity contribution in [3.05, 3.63) is 27.3 Å². The van der Waals surface area contributed by atoms with Gasteiger partial charge in [0.05, 0.1) is 6.54 Å². The molecule has 92 valence electrons. The van der Waals surface area contributed by atoms with Crippen LogP contribution in [-0.2, 0) is 11.2 Å². The third-order valence-corrected chi connectivity index (χ3v) is 3.46. The highest BCUT2D eigenvalue weighted by Gasteiger charge is 2.24. The summed E-state index contributed by atoms with van der Waals surface area (Å²) in [5.74, 6) is -0.203. The molecule has 0 aromatic heterocycles. The van der Waals surface area contributed by atoms with E-state index >= 15 is 0 Å². The highest BCUT2D eigenvalue weighted by atomic mass is 127. The van der Waals surface area contributed by atoms with E-state index in [4.69, 9.17) is 0 Å². The Morgan fingerprint density at radius 3 is 2.82 bits per heavy atom. The summed E-state index contributed by atoms with van der Waals surface area (Å²) in [6.45, 7) is -0.508. The summed E-state index contributed by atoms with van der Waals surface area (Å²) in [5, 5.41) is 0. The quantitative estimate of drug-likeness (QED) is 0.750. The van der Waals surface area contributed by atoms with Gasteiger partial charge in [-0.25, -0.2) is 8.78 Å². The number of fused-ring (bicyclic) bond motifs is 1. The number of halogens is 3. The van der Waals surface area contributed by atoms with Crippen LogP contribution in [0.2, 0.25) is 0 Å². The van der Waals surface area contributed by atoms with Gasteiger partial charge in [0.25, 0.3) is 6.43 Å². The van der Waals surface area contributed by atoms with Crippen LogP contribution in [-0.4, -0.2) is 18.9 Å². The minimum absolute atomic E-state index is 0.203. The Hall–Kier alpha value is -0.720. The molecule has 0 radical (unpaired) electrons. The van der Waals surface area contributed by atoms with Gasteiger partial charge in [-0.05, 0) is 59.2 Å². The molecule has 2 nitrogen and oxygen atoms in total. The highest BCUT2D eigenvalue weighted by Crippen LogP contribution is 2.29. The monoisotopic (exact) mass is 351 g/mol. The largest absolute Gasteiger partial charge is 0.306 e. The molecule has 0 atom stereocenters. The number of rotatable bonds is 2. The molecular formula is C12H12F2INO. The number of hydrogen-bond acceptors (Lipinski definition) is 1. The number of benzene rings is 1. The Morgan fingerprint density at radius 1 is 1.35 bits per heavy atom. The van der Waals surface area contributed by atoms with Gasteiger partial charge in [0.15, 0.2) is 0 Å². The second kappa shape index (κ2) is 5.29. The van der Waals surface area contributed by atoms with Crippen molar-refractivity contribution in [3.63, 3.8) is 0 Å². The Kier molecular flexibility index (Phi) is 3.96. The van der Waals surface area contributed by atoms with Crippen molar-refractivity contribution in [2.75, 3.05) is 11.4 Å². The molecule has 1 aromatic rings. The minimum atomic E-state index is -2.50. The molecule has 5 heteroatoms. The lowest BCUT2D eigenvalue weighted by atomic mass is 10.1. The summed E-state index contributed by atoms with van der Waals surface area (Å²) in [4.78, 5) is 13.0. The zero-order chi connectivity index (χ0) is 12.4. The van der Waals surface area contributed by atoms with Crippen LogP contribution in [0.25, 0.3) is 0 Å². The first kappa shape index (κ1) is 12.7. The van der Waals surface area contributed by atoms with Crippen LogP contribution in [0, 0.1) is 3.57 Å². The average Bonchev–Trinajstić information content (AvgIpc) is 2.39. The summed E-state index contributed by atoms with van der Waals surface area (Å²) in [6, 6.07) is 5.58. The van der Waals surface area contributed by atoms with Crippen molar-refractivity contribution < 1.29 is 13.6 Å². The third-order valence-electron chi connectivity index (χ3n) is 2.79. The molecule has 0 fully saturated rings. The number of aryl methyl sites for hydroxylation is 1. The van der Waals surface area contributed by atoms with Crippen LogP contribution in [0.5, 0.6) is 0 Å². The standard InChI is InChI=1S/C12H12F2INO/c13-11(14)7-16-10-5-4-9(15)6-8(10)2-1-3-12(16)17/h4-6,11H,1-3,7H2. The summed E-state index contributed by atoms with van der Waals surface area (Å²) < 4.78 is 26.1. The van der Waals surface area contributed by atoms with E-state index in [0.717, 1.165) is 22.0 Å². The van der Waals surface area contributed by atoms with E-state index in [1.807, 2.05) is 12.1 Å². The molecule has 0 aliphatic carbocycles. The molecule has 1 aliphatic rings. The topological polar surface area (TPSA) is 20.3 Å². The van der Waals surface area contributed by atoms with Crippen LogP contribution in [0.15, 0.2) is 18.2 Å². The summed E-state index contributed by atoms with van der Waals surface area (Å²) in [7, 11) is 0. The SMILES string of the molecule is O=C1CCCc2cc(I)ccc2N1CC(F)F. The Labute approximate surface area is 112 Å². The highest BCUT2D eigenvalue weighted by molar-refractivity contribution is 14.1. The predicted molar refractivity (Wildman–Crippen MR) is 70.5 cm³/mol. The normalized spacial score (nSPS) is 16.0. The van der Waals surface area contributed by atoms with E-state index < -0.39 is 13.0 Å². The Bertz CT molecular complexity index is 437. The van der Waals surface area contributed by atoms with Crippen LogP contribution >= 0.6 is 22.6 Å². The summed E-state index contributed by atoms with van der Waals surface area (Å²) in [6.07, 6.45) is -0.648. The molecule has 1 heterocycles. The van der Waals surface area contributed by atoms with Gasteiger partial charge in [0.1, 0.15) is 0 Å². The van der Waals surface area contributed by atoms with Crippen LogP contribution in [0.4, 0.5) is 14.5 Å². The van der Waals surface area contributed by atoms with Crippen molar-refractivity contribution in [2.24, 2.45) is 0 Å². The lowest BCUT2D eigenvalue weighted by molar-refractivity contribution is -0.119. The van der Waals surface area contributed by atoms with Gasteiger partial charge in [-0.15, -0.1) is 0 Å². The lowest BCUT2D eigenvalue weighted by Crippen LogP contribution is -2.34. The average molecular weight is 351 g/mol. The van der Waals surface area contributed by atoms with Crippen molar-refractivity contribution in [1.82, 2.24) is 0 Å². The zero-order valence-corrected chi connectivity index (χ0v) is 11.3. The van der Waals surface area contributed by atoms with Gasteiger partial charge >= 0.3 is 0 Å². The maximum absolute atomic E-state index is 12.5. The predicted octanol–water partition coefficient (Wildman–Crippen LogP) is 3.23. The lowest BCUT2D eigenvalue weighted by Gasteiger charge is -2.22. The van der Waals surface area contributed by atoms with E-state index in [1.165, 1.54) is 4.90 Å². The first-order valence-corrected chi connectivity index (χ1v) is 6.53. The third kappa shape index (κ3) is 2.94. The van der Waals surface area contributed by atoms with Gasteiger partial charge < -0.3 is 4.90 Å². The van der Waals surface area contributed by atoms with Crippen molar-refractivity contribution >= 4 is 34.2 Å². The molecule has 17 heavy (non-hydrogen) atoms. The molecule has 2 rings (SSSR count). The van der Waals surface area contributed by atoms with E-state index in [1.54, 1.807) is 6.07 Å². The first-order chi connectivity index (χ1) is 8.08. The number of carbonyl (C=O) groups excluding carboxylic acids is 1. The fourth-order valence-corrected chi connectivity index (χ4v) is 2.61. The van der Waals surface area contributed by atoms with Gasteiger partial charge in [-0.2, -0.15) is 0 Å². The van der Waals surface area contributed by atoms with Crippen LogP contribution in [0.1, 0.15) is 18.4 Å². The second-order valence-electron chi connectivity index (χ2n) is 4.02. The molecule has 0 saturated heterocycles. The van der Waals surface area contributed by atoms with Crippen molar-refractivity contribution in [3.8, 4) is 0 Å². The molecule has 0 unspecified atom stereocenters. The fourth-order valence-electron chi connectivity index (χ4n) is 2.06. The molecule has 0 N–H and O–H groups in total. The van der Waals surface area contributed by atoms with Gasteiger partial charge in [0, 0.05) is 15.7 Å². The number of hydrogen-bond donors (Lipinski definition) is 0. The summed E-state index contributed by atoms with van der Waals surface area (Å²) in [5.41, 5.74) is 1.64. The number of carbonyl (C=O) groups is 1. The number of anilines is 1. The maximum atomic E-state index is 12.5. The van der Waals surface area contributed by atoms with E-state index in [0.29, 0.717) is 12.1 Å². The van der Waals surface area contributed by atoms with Crippen molar-refractivity contribution in [2.45, 2.75) is 25.7 Å². The minimum Gasteiger partial charge on any atom is -0.306 e.